The summed E-state index contributed by atoms with van der Waals surface area (Å²) in [4.78, 5) is 12.0. The summed E-state index contributed by atoms with van der Waals surface area (Å²) in [6.45, 7) is 3.61. The third kappa shape index (κ3) is 5.62. The highest BCUT2D eigenvalue weighted by Gasteiger charge is 2.07. The van der Waals surface area contributed by atoms with Gasteiger partial charge in [0.2, 0.25) is 0 Å². The molecule has 0 radical (unpaired) electrons. The molecule has 0 aliphatic rings. The van der Waals surface area contributed by atoms with E-state index in [2.05, 4.69) is 51.4 Å². The molecule has 1 aromatic carbocycles. The van der Waals surface area contributed by atoms with Gasteiger partial charge in [0, 0.05) is 31.7 Å². The van der Waals surface area contributed by atoms with Crippen molar-refractivity contribution in [2.24, 2.45) is 4.99 Å². The molecule has 0 saturated carbocycles. The van der Waals surface area contributed by atoms with Crippen LogP contribution in [0.2, 0.25) is 0 Å². The first-order valence-electron chi connectivity index (χ1n) is 6.56. The molecule has 1 heterocycles. The Balaban J connectivity index is 0.00000220. The van der Waals surface area contributed by atoms with Gasteiger partial charge in [-0.25, -0.2) is 4.98 Å². The number of nitrogens with one attached hydrogen (secondary N) is 1. The zero-order valence-electron chi connectivity index (χ0n) is 12.5. The number of aryl methyl sites for hydroxylation is 1. The molecule has 1 N–H and O–H groups in total. The molecule has 2 rings (SSSR count). The number of benzene rings is 1. The monoisotopic (exact) mass is 416 g/mol. The summed E-state index contributed by atoms with van der Waals surface area (Å²) >= 11 is 1.71. The molecular weight excluding hydrogens is 395 g/mol. The van der Waals surface area contributed by atoms with Gasteiger partial charge in [0.05, 0.1) is 6.54 Å². The molecule has 0 unspecified atom stereocenters. The molecule has 0 spiro atoms. The van der Waals surface area contributed by atoms with Gasteiger partial charge in [-0.1, -0.05) is 30.3 Å². The lowest BCUT2D eigenvalue weighted by Gasteiger charge is -2.21. The summed E-state index contributed by atoms with van der Waals surface area (Å²) in [7, 11) is 3.84. The van der Waals surface area contributed by atoms with E-state index in [-0.39, 0.29) is 24.0 Å². The molecule has 4 nitrogen and oxygen atoms in total. The normalized spacial score (nSPS) is 10.9. The number of rotatable bonds is 4. The van der Waals surface area contributed by atoms with Crippen molar-refractivity contribution < 1.29 is 0 Å². The second-order valence-corrected chi connectivity index (χ2v) is 5.93. The zero-order chi connectivity index (χ0) is 14.4. The van der Waals surface area contributed by atoms with Crippen LogP contribution in [0.25, 0.3) is 0 Å². The topological polar surface area (TPSA) is 40.5 Å². The summed E-state index contributed by atoms with van der Waals surface area (Å²) in [6, 6.07) is 10.4. The largest absolute Gasteiger partial charge is 0.350 e. The molecule has 0 aliphatic heterocycles. The Kier molecular flexibility index (Phi) is 7.66. The van der Waals surface area contributed by atoms with Crippen molar-refractivity contribution >= 4 is 41.3 Å². The van der Waals surface area contributed by atoms with Gasteiger partial charge in [-0.2, -0.15) is 0 Å². The molecule has 0 amide bonds. The van der Waals surface area contributed by atoms with E-state index in [9.17, 15) is 0 Å². The van der Waals surface area contributed by atoms with Crippen molar-refractivity contribution in [3.05, 3.63) is 52.0 Å². The van der Waals surface area contributed by atoms with Crippen molar-refractivity contribution in [3.63, 3.8) is 0 Å². The van der Waals surface area contributed by atoms with Crippen LogP contribution in [0.3, 0.4) is 0 Å². The summed E-state index contributed by atoms with van der Waals surface area (Å²) < 4.78 is 0. The van der Waals surface area contributed by atoms with Crippen LogP contribution in [-0.4, -0.2) is 29.9 Å². The van der Waals surface area contributed by atoms with Crippen LogP contribution in [-0.2, 0) is 13.1 Å². The van der Waals surface area contributed by atoms with E-state index in [0.717, 1.165) is 17.5 Å². The molecule has 6 heteroatoms. The number of aromatic nitrogens is 1. The van der Waals surface area contributed by atoms with Crippen LogP contribution in [0.1, 0.15) is 15.4 Å². The van der Waals surface area contributed by atoms with E-state index in [0.29, 0.717) is 6.54 Å². The van der Waals surface area contributed by atoms with E-state index in [1.807, 2.05) is 19.3 Å². The van der Waals surface area contributed by atoms with Gasteiger partial charge in [0.15, 0.2) is 5.96 Å². The van der Waals surface area contributed by atoms with E-state index in [1.165, 1.54) is 10.4 Å². The van der Waals surface area contributed by atoms with Gasteiger partial charge in [-0.3, -0.25) is 4.99 Å². The Morgan fingerprint density at radius 1 is 1.33 bits per heavy atom. The minimum atomic E-state index is 0. The van der Waals surface area contributed by atoms with Gasteiger partial charge in [-0.15, -0.1) is 35.3 Å². The number of guanidine groups is 1. The standard InChI is InChI=1S/C15H20N4S.HI/c1-12-9-17-14(20-12)10-18-15(16-2)19(3)11-13-7-5-4-6-8-13;/h4-9H,10-11H2,1-3H3,(H,16,18);1H. The first kappa shape index (κ1) is 17.9. The number of aliphatic imine (C=N–C) groups is 1. The van der Waals surface area contributed by atoms with Crippen LogP contribution >= 0.6 is 35.3 Å². The Hall–Kier alpha value is -1.15. The summed E-state index contributed by atoms with van der Waals surface area (Å²) in [5, 5.41) is 4.42. The lowest BCUT2D eigenvalue weighted by Crippen LogP contribution is -2.38. The SMILES string of the molecule is CN=C(NCc1ncc(C)s1)N(C)Cc1ccccc1.I. The van der Waals surface area contributed by atoms with Crippen LogP contribution in [0.15, 0.2) is 41.5 Å². The fourth-order valence-electron chi connectivity index (χ4n) is 1.95. The first-order valence-corrected chi connectivity index (χ1v) is 7.37. The number of nitrogens with zero attached hydrogens (tertiary/aromatic N) is 3. The predicted molar refractivity (Wildman–Crippen MR) is 100 cm³/mol. The van der Waals surface area contributed by atoms with Gasteiger partial charge < -0.3 is 10.2 Å². The molecule has 21 heavy (non-hydrogen) atoms. The van der Waals surface area contributed by atoms with Crippen molar-refractivity contribution in [1.82, 2.24) is 15.2 Å². The van der Waals surface area contributed by atoms with E-state index in [4.69, 9.17) is 0 Å². The summed E-state index contributed by atoms with van der Waals surface area (Å²) in [5.74, 6) is 0.877. The maximum Gasteiger partial charge on any atom is 0.194 e. The fourth-order valence-corrected chi connectivity index (χ4v) is 2.68. The number of hydrogen-bond acceptors (Lipinski definition) is 3. The quantitative estimate of drug-likeness (QED) is 0.473. The lowest BCUT2D eigenvalue weighted by molar-refractivity contribution is 0.476. The maximum absolute atomic E-state index is 4.35. The van der Waals surface area contributed by atoms with Crippen LogP contribution in [0, 0.1) is 6.92 Å². The van der Waals surface area contributed by atoms with Crippen LogP contribution in [0.4, 0.5) is 0 Å². The summed E-state index contributed by atoms with van der Waals surface area (Å²) in [5.41, 5.74) is 1.27. The van der Waals surface area contributed by atoms with Crippen LogP contribution in [0.5, 0.6) is 0 Å². The van der Waals surface area contributed by atoms with Crippen LogP contribution < -0.4 is 5.32 Å². The number of thiazole rings is 1. The highest BCUT2D eigenvalue weighted by molar-refractivity contribution is 14.0. The van der Waals surface area contributed by atoms with Crippen molar-refractivity contribution in [2.75, 3.05) is 14.1 Å². The molecule has 0 fully saturated rings. The number of hydrogen-bond donors (Lipinski definition) is 1. The summed E-state index contributed by atoms with van der Waals surface area (Å²) in [6.07, 6.45) is 1.90. The molecule has 0 bridgehead atoms. The van der Waals surface area contributed by atoms with Gasteiger partial charge in [0.1, 0.15) is 5.01 Å². The van der Waals surface area contributed by atoms with Gasteiger partial charge in [-0.05, 0) is 12.5 Å². The third-order valence-electron chi connectivity index (χ3n) is 2.90. The third-order valence-corrected chi connectivity index (χ3v) is 3.82. The molecule has 114 valence electrons. The van der Waals surface area contributed by atoms with Gasteiger partial charge >= 0.3 is 0 Å². The number of halogens is 1. The minimum absolute atomic E-state index is 0. The first-order chi connectivity index (χ1) is 9.69. The average molecular weight is 416 g/mol. The molecular formula is C15H21IN4S. The molecule has 2 aromatic rings. The van der Waals surface area contributed by atoms with E-state index in [1.54, 1.807) is 18.4 Å². The average Bonchev–Trinajstić information content (AvgIpc) is 2.86. The second kappa shape index (κ2) is 8.99. The van der Waals surface area contributed by atoms with Gasteiger partial charge in [0.25, 0.3) is 0 Å². The molecule has 0 atom stereocenters. The lowest BCUT2D eigenvalue weighted by atomic mass is 10.2. The smallest absolute Gasteiger partial charge is 0.194 e. The zero-order valence-corrected chi connectivity index (χ0v) is 15.7. The van der Waals surface area contributed by atoms with Crippen molar-refractivity contribution in [3.8, 4) is 0 Å². The fraction of sp³-hybridized carbons (Fsp3) is 0.333. The Morgan fingerprint density at radius 3 is 2.62 bits per heavy atom. The van der Waals surface area contributed by atoms with Crippen molar-refractivity contribution in [2.45, 2.75) is 20.0 Å². The minimum Gasteiger partial charge on any atom is -0.350 e. The maximum atomic E-state index is 4.35. The van der Waals surface area contributed by atoms with E-state index >= 15 is 0 Å². The molecule has 0 aliphatic carbocycles. The van der Waals surface area contributed by atoms with Crippen molar-refractivity contribution in [1.29, 1.82) is 0 Å². The predicted octanol–water partition coefficient (Wildman–Crippen LogP) is 3.28. The Bertz CT molecular complexity index is 568. The Morgan fingerprint density at radius 2 is 2.05 bits per heavy atom. The Labute approximate surface area is 147 Å². The highest BCUT2D eigenvalue weighted by atomic mass is 127. The van der Waals surface area contributed by atoms with E-state index < -0.39 is 0 Å². The second-order valence-electron chi connectivity index (χ2n) is 4.61. The molecule has 0 saturated heterocycles. The molecule has 1 aromatic heterocycles. The highest BCUT2D eigenvalue weighted by Crippen LogP contribution is 2.10.